The molecule has 0 bridgehead atoms. The van der Waals surface area contributed by atoms with Gasteiger partial charge in [0.1, 0.15) is 19.3 Å². The summed E-state index contributed by atoms with van der Waals surface area (Å²) in [5.74, 6) is 0.388. The Balaban J connectivity index is 1.51. The summed E-state index contributed by atoms with van der Waals surface area (Å²) >= 11 is 0. The summed E-state index contributed by atoms with van der Waals surface area (Å²) in [4.78, 5) is 24.3. The van der Waals surface area contributed by atoms with Gasteiger partial charge in [0.15, 0.2) is 17.3 Å². The molecule has 1 saturated carbocycles. The van der Waals surface area contributed by atoms with Crippen LogP contribution in [0, 0.1) is 17.2 Å². The second kappa shape index (κ2) is 8.02. The molecule has 0 N–H and O–H groups in total. The quantitative estimate of drug-likeness (QED) is 0.603. The summed E-state index contributed by atoms with van der Waals surface area (Å²) in [6.07, 6.45) is 3.20. The number of hydrogen-bond acceptors (Lipinski definition) is 6. The molecule has 6 heteroatoms. The van der Waals surface area contributed by atoms with Crippen LogP contribution in [0.4, 0.5) is 0 Å². The lowest BCUT2D eigenvalue weighted by Gasteiger charge is -2.26. The van der Waals surface area contributed by atoms with Gasteiger partial charge in [-0.05, 0) is 37.5 Å². The molecule has 0 radical (unpaired) electrons. The molecular weight excluding hydrogens is 322 g/mol. The zero-order chi connectivity index (χ0) is 17.6. The fourth-order valence-corrected chi connectivity index (χ4v) is 3.19. The van der Waals surface area contributed by atoms with Crippen LogP contribution in [0.2, 0.25) is 0 Å². The van der Waals surface area contributed by atoms with Gasteiger partial charge in [-0.1, -0.05) is 6.42 Å². The molecule has 6 nitrogen and oxygen atoms in total. The van der Waals surface area contributed by atoms with Crippen LogP contribution < -0.4 is 9.47 Å². The number of esters is 1. The minimum atomic E-state index is -0.418. The molecule has 3 rings (SSSR count). The van der Waals surface area contributed by atoms with Gasteiger partial charge in [-0.2, -0.15) is 5.26 Å². The van der Waals surface area contributed by atoms with Crippen LogP contribution in [0.1, 0.15) is 48.9 Å². The normalized spacial score (nSPS) is 21.9. The highest BCUT2D eigenvalue weighted by atomic mass is 16.6. The molecule has 1 aliphatic heterocycles. The van der Waals surface area contributed by atoms with E-state index in [2.05, 4.69) is 6.07 Å². The van der Waals surface area contributed by atoms with Crippen LogP contribution in [0.5, 0.6) is 11.5 Å². The van der Waals surface area contributed by atoms with E-state index in [1.807, 2.05) is 0 Å². The van der Waals surface area contributed by atoms with Gasteiger partial charge in [-0.25, -0.2) is 0 Å². The maximum absolute atomic E-state index is 12.3. The zero-order valence-electron chi connectivity index (χ0n) is 14.0. The van der Waals surface area contributed by atoms with Crippen molar-refractivity contribution in [2.45, 2.75) is 44.6 Å². The van der Waals surface area contributed by atoms with Crippen LogP contribution in [-0.2, 0) is 9.53 Å². The number of benzene rings is 1. The second-order valence-corrected chi connectivity index (χ2v) is 6.33. The number of ether oxygens (including phenoxy) is 3. The molecular formula is C19H21NO5. The number of nitrogens with zero attached hydrogens (tertiary/aromatic N) is 1. The lowest BCUT2D eigenvalue weighted by atomic mass is 9.87. The minimum Gasteiger partial charge on any atom is -0.486 e. The number of hydrogen-bond donors (Lipinski definition) is 0. The van der Waals surface area contributed by atoms with Gasteiger partial charge in [0.2, 0.25) is 0 Å². The zero-order valence-corrected chi connectivity index (χ0v) is 14.0. The van der Waals surface area contributed by atoms with E-state index in [0.717, 1.165) is 25.7 Å². The van der Waals surface area contributed by atoms with Gasteiger partial charge in [0, 0.05) is 12.0 Å². The molecule has 0 saturated heterocycles. The molecule has 25 heavy (non-hydrogen) atoms. The van der Waals surface area contributed by atoms with Crippen molar-refractivity contribution in [1.82, 2.24) is 0 Å². The SMILES string of the molecule is N#C[C@H]1CCCC[C@@H]1OC(=O)CCC(=O)c1ccc2c(c1)OCCO2. The summed E-state index contributed by atoms with van der Waals surface area (Å²) in [5, 5.41) is 9.12. The number of ketones is 1. The Kier molecular flexibility index (Phi) is 5.54. The van der Waals surface area contributed by atoms with Gasteiger partial charge in [-0.15, -0.1) is 0 Å². The smallest absolute Gasteiger partial charge is 0.306 e. The number of carbonyl (C=O) groups is 2. The molecule has 1 fully saturated rings. The van der Waals surface area contributed by atoms with Crippen LogP contribution in [0.25, 0.3) is 0 Å². The van der Waals surface area contributed by atoms with Crippen molar-refractivity contribution in [3.8, 4) is 17.6 Å². The van der Waals surface area contributed by atoms with E-state index in [-0.39, 0.29) is 30.6 Å². The highest BCUT2D eigenvalue weighted by Crippen LogP contribution is 2.31. The Morgan fingerprint density at radius 3 is 2.68 bits per heavy atom. The van der Waals surface area contributed by atoms with E-state index in [0.29, 0.717) is 30.3 Å². The number of rotatable bonds is 5. The Hall–Kier alpha value is -2.55. The molecule has 0 aromatic heterocycles. The van der Waals surface area contributed by atoms with E-state index in [1.165, 1.54) is 0 Å². The molecule has 1 heterocycles. The van der Waals surface area contributed by atoms with E-state index in [1.54, 1.807) is 18.2 Å². The molecule has 0 amide bonds. The Morgan fingerprint density at radius 2 is 1.88 bits per heavy atom. The standard InChI is InChI=1S/C19H21NO5/c20-12-14-3-1-2-4-16(14)25-19(22)8-6-15(21)13-5-7-17-18(11-13)24-10-9-23-17/h5,7,11,14,16H,1-4,6,8-10H2/t14-,16+/m1/s1. The number of carbonyl (C=O) groups excluding carboxylic acids is 2. The van der Waals surface area contributed by atoms with Crippen molar-refractivity contribution in [3.05, 3.63) is 23.8 Å². The summed E-state index contributed by atoms with van der Waals surface area (Å²) < 4.78 is 16.3. The van der Waals surface area contributed by atoms with Crippen molar-refractivity contribution in [2.24, 2.45) is 5.92 Å². The van der Waals surface area contributed by atoms with Crippen molar-refractivity contribution in [1.29, 1.82) is 5.26 Å². The van der Waals surface area contributed by atoms with E-state index >= 15 is 0 Å². The van der Waals surface area contributed by atoms with Crippen LogP contribution in [0.3, 0.4) is 0 Å². The lowest BCUT2D eigenvalue weighted by Crippen LogP contribution is -2.29. The minimum absolute atomic E-state index is 0.0158. The third-order valence-electron chi connectivity index (χ3n) is 4.57. The first-order valence-corrected chi connectivity index (χ1v) is 8.69. The predicted molar refractivity (Wildman–Crippen MR) is 88.4 cm³/mol. The molecule has 1 aromatic carbocycles. The van der Waals surface area contributed by atoms with Gasteiger partial charge < -0.3 is 14.2 Å². The maximum Gasteiger partial charge on any atom is 0.306 e. The molecule has 2 atom stereocenters. The number of fused-ring (bicyclic) bond motifs is 1. The monoisotopic (exact) mass is 343 g/mol. The molecule has 1 aromatic rings. The molecule has 132 valence electrons. The summed E-state index contributed by atoms with van der Waals surface area (Å²) in [6, 6.07) is 7.24. The summed E-state index contributed by atoms with van der Waals surface area (Å²) in [6.45, 7) is 0.954. The average molecular weight is 343 g/mol. The first-order valence-electron chi connectivity index (χ1n) is 8.69. The van der Waals surface area contributed by atoms with E-state index in [4.69, 9.17) is 19.5 Å². The Bertz CT molecular complexity index is 694. The first-order chi connectivity index (χ1) is 12.2. The molecule has 0 spiro atoms. The molecule has 2 aliphatic rings. The van der Waals surface area contributed by atoms with Gasteiger partial charge in [0.25, 0.3) is 0 Å². The lowest BCUT2D eigenvalue weighted by molar-refractivity contribution is -0.152. The van der Waals surface area contributed by atoms with Crippen molar-refractivity contribution in [3.63, 3.8) is 0 Å². The fourth-order valence-electron chi connectivity index (χ4n) is 3.19. The maximum atomic E-state index is 12.3. The fraction of sp³-hybridized carbons (Fsp3) is 0.526. The average Bonchev–Trinajstić information content (AvgIpc) is 2.66. The number of nitriles is 1. The van der Waals surface area contributed by atoms with Gasteiger partial charge >= 0.3 is 5.97 Å². The van der Waals surface area contributed by atoms with Crippen molar-refractivity contribution in [2.75, 3.05) is 13.2 Å². The highest BCUT2D eigenvalue weighted by Gasteiger charge is 2.28. The largest absolute Gasteiger partial charge is 0.486 e. The Morgan fingerprint density at radius 1 is 1.12 bits per heavy atom. The van der Waals surface area contributed by atoms with E-state index < -0.39 is 5.97 Å². The molecule has 0 unspecified atom stereocenters. The third kappa shape index (κ3) is 4.30. The number of Topliss-reactive ketones (excluding diaryl/α,β-unsaturated/α-hetero) is 1. The van der Waals surface area contributed by atoms with Crippen molar-refractivity contribution >= 4 is 11.8 Å². The third-order valence-corrected chi connectivity index (χ3v) is 4.57. The first kappa shape index (κ1) is 17.3. The van der Waals surface area contributed by atoms with Crippen LogP contribution in [-0.4, -0.2) is 31.1 Å². The second-order valence-electron chi connectivity index (χ2n) is 6.33. The van der Waals surface area contributed by atoms with Gasteiger partial charge in [0.05, 0.1) is 18.4 Å². The van der Waals surface area contributed by atoms with Gasteiger partial charge in [-0.3, -0.25) is 9.59 Å². The van der Waals surface area contributed by atoms with Crippen LogP contribution >= 0.6 is 0 Å². The summed E-state index contributed by atoms with van der Waals surface area (Å²) in [7, 11) is 0. The van der Waals surface area contributed by atoms with E-state index in [9.17, 15) is 9.59 Å². The Labute approximate surface area is 146 Å². The summed E-state index contributed by atoms with van der Waals surface area (Å²) in [5.41, 5.74) is 0.490. The van der Waals surface area contributed by atoms with Crippen molar-refractivity contribution < 1.29 is 23.8 Å². The predicted octanol–water partition coefficient (Wildman–Crippen LogP) is 3.05. The molecule has 1 aliphatic carbocycles. The highest BCUT2D eigenvalue weighted by molar-refractivity contribution is 5.98. The topological polar surface area (TPSA) is 85.6 Å². The van der Waals surface area contributed by atoms with Crippen LogP contribution in [0.15, 0.2) is 18.2 Å².